The topological polar surface area (TPSA) is 58.6 Å². The average Bonchev–Trinajstić information content (AvgIpc) is 3.47. The first kappa shape index (κ1) is 19.8. The predicted molar refractivity (Wildman–Crippen MR) is 122 cm³/mol. The van der Waals surface area contributed by atoms with Gasteiger partial charge in [-0.15, -0.1) is 11.8 Å². The van der Waals surface area contributed by atoms with E-state index in [1.807, 2.05) is 35.2 Å². The van der Waals surface area contributed by atoms with Gasteiger partial charge in [-0.05, 0) is 37.1 Å². The van der Waals surface area contributed by atoms with Crippen LogP contribution in [-0.4, -0.2) is 65.4 Å². The molecular formula is C22H24N4O2S2. The summed E-state index contributed by atoms with van der Waals surface area (Å²) in [5, 5.41) is 0.989. The fraction of sp³-hybridized carbons (Fsp3) is 0.409. The first-order valence-corrected chi connectivity index (χ1v) is 12.2. The maximum atomic E-state index is 13.2. The number of anilines is 1. The summed E-state index contributed by atoms with van der Waals surface area (Å²) in [5.41, 5.74) is 1.74. The zero-order chi connectivity index (χ0) is 20.3. The molecule has 1 amide bonds. The standard InChI is InChI=1S/C22H24N4O2S2/c27-21(17-6-1-2-8-19(17)29-15-16-5-4-14-28-16)25-10-12-26(13-11-25)22-24-18-7-3-9-23-20(18)30-22/h1-3,6-9,16H,4-5,10-15H2. The van der Waals surface area contributed by atoms with Crippen LogP contribution >= 0.6 is 23.1 Å². The van der Waals surface area contributed by atoms with Crippen molar-refractivity contribution in [2.75, 3.05) is 43.4 Å². The molecule has 2 aliphatic rings. The average molecular weight is 441 g/mol. The Morgan fingerprint density at radius 1 is 1.17 bits per heavy atom. The summed E-state index contributed by atoms with van der Waals surface area (Å²) >= 11 is 3.35. The van der Waals surface area contributed by atoms with Crippen LogP contribution in [0.5, 0.6) is 0 Å². The molecule has 2 saturated heterocycles. The Labute approximate surface area is 184 Å². The van der Waals surface area contributed by atoms with E-state index < -0.39 is 0 Å². The van der Waals surface area contributed by atoms with Crippen molar-refractivity contribution in [2.45, 2.75) is 23.8 Å². The lowest BCUT2D eigenvalue weighted by Crippen LogP contribution is -2.48. The second-order valence-corrected chi connectivity index (χ2v) is 9.56. The minimum atomic E-state index is 0.121. The van der Waals surface area contributed by atoms with Crippen molar-refractivity contribution < 1.29 is 9.53 Å². The Hall–Kier alpha value is -2.16. The largest absolute Gasteiger partial charge is 0.377 e. The van der Waals surface area contributed by atoms with Gasteiger partial charge in [0.2, 0.25) is 0 Å². The van der Waals surface area contributed by atoms with Gasteiger partial charge >= 0.3 is 0 Å². The van der Waals surface area contributed by atoms with Crippen LogP contribution in [0.15, 0.2) is 47.5 Å². The minimum absolute atomic E-state index is 0.121. The van der Waals surface area contributed by atoms with E-state index >= 15 is 0 Å². The number of piperazine rings is 1. The maximum absolute atomic E-state index is 13.2. The van der Waals surface area contributed by atoms with E-state index in [0.717, 1.165) is 64.2 Å². The molecule has 5 rings (SSSR count). The van der Waals surface area contributed by atoms with Crippen LogP contribution in [0.4, 0.5) is 5.13 Å². The molecule has 1 aromatic carbocycles. The third-order valence-electron chi connectivity index (χ3n) is 5.56. The Bertz CT molecular complexity index is 994. The van der Waals surface area contributed by atoms with Gasteiger partial charge in [-0.1, -0.05) is 23.5 Å². The molecule has 156 valence electrons. The van der Waals surface area contributed by atoms with Gasteiger partial charge in [0.05, 0.1) is 11.7 Å². The van der Waals surface area contributed by atoms with Gasteiger partial charge in [-0.2, -0.15) is 0 Å². The van der Waals surface area contributed by atoms with Crippen LogP contribution in [-0.2, 0) is 4.74 Å². The molecule has 6 nitrogen and oxygen atoms in total. The first-order chi connectivity index (χ1) is 14.8. The molecule has 30 heavy (non-hydrogen) atoms. The normalized spacial score (nSPS) is 19.5. The number of aromatic nitrogens is 2. The molecule has 0 aliphatic carbocycles. The van der Waals surface area contributed by atoms with E-state index in [0.29, 0.717) is 19.2 Å². The summed E-state index contributed by atoms with van der Waals surface area (Å²) in [4.78, 5) is 28.6. The molecular weight excluding hydrogens is 416 g/mol. The van der Waals surface area contributed by atoms with Gasteiger partial charge in [0, 0.05) is 49.6 Å². The molecule has 4 heterocycles. The summed E-state index contributed by atoms with van der Waals surface area (Å²) in [6.07, 6.45) is 4.37. The van der Waals surface area contributed by atoms with E-state index in [4.69, 9.17) is 9.72 Å². The number of pyridine rings is 1. The van der Waals surface area contributed by atoms with Crippen molar-refractivity contribution in [3.05, 3.63) is 48.2 Å². The van der Waals surface area contributed by atoms with Gasteiger partial charge in [-0.3, -0.25) is 4.79 Å². The van der Waals surface area contributed by atoms with Gasteiger partial charge in [0.15, 0.2) is 5.13 Å². The highest BCUT2D eigenvalue weighted by Gasteiger charge is 2.26. The highest BCUT2D eigenvalue weighted by molar-refractivity contribution is 7.99. The molecule has 0 N–H and O–H groups in total. The summed E-state index contributed by atoms with van der Waals surface area (Å²) in [5.74, 6) is 1.03. The van der Waals surface area contributed by atoms with Crippen LogP contribution in [0.25, 0.3) is 10.3 Å². The van der Waals surface area contributed by atoms with Crippen molar-refractivity contribution in [3.63, 3.8) is 0 Å². The lowest BCUT2D eigenvalue weighted by molar-refractivity contribution is 0.0743. The van der Waals surface area contributed by atoms with Crippen molar-refractivity contribution in [2.24, 2.45) is 0 Å². The first-order valence-electron chi connectivity index (χ1n) is 10.4. The number of thiazole rings is 1. The zero-order valence-corrected chi connectivity index (χ0v) is 18.3. The highest BCUT2D eigenvalue weighted by atomic mass is 32.2. The fourth-order valence-corrected chi connectivity index (χ4v) is 5.97. The molecule has 2 fully saturated rings. The number of rotatable bonds is 5. The van der Waals surface area contributed by atoms with Crippen molar-refractivity contribution in [3.8, 4) is 0 Å². The number of carbonyl (C=O) groups excluding carboxylic acids is 1. The molecule has 0 radical (unpaired) electrons. The summed E-state index contributed by atoms with van der Waals surface area (Å²) in [6, 6.07) is 11.9. The van der Waals surface area contributed by atoms with Gasteiger partial charge in [0.25, 0.3) is 5.91 Å². The Kier molecular flexibility index (Phi) is 5.88. The second-order valence-electron chi connectivity index (χ2n) is 7.55. The lowest BCUT2D eigenvalue weighted by atomic mass is 10.2. The van der Waals surface area contributed by atoms with Crippen LogP contribution in [0.3, 0.4) is 0 Å². The van der Waals surface area contributed by atoms with Crippen LogP contribution < -0.4 is 4.90 Å². The molecule has 1 unspecified atom stereocenters. The summed E-state index contributed by atoms with van der Waals surface area (Å²) in [6.45, 7) is 3.84. The molecule has 0 spiro atoms. The third-order valence-corrected chi connectivity index (χ3v) is 7.80. The molecule has 8 heteroatoms. The Morgan fingerprint density at radius 2 is 2.03 bits per heavy atom. The Morgan fingerprint density at radius 3 is 2.83 bits per heavy atom. The molecule has 3 aromatic rings. The van der Waals surface area contributed by atoms with E-state index in [9.17, 15) is 4.79 Å². The van der Waals surface area contributed by atoms with E-state index in [2.05, 4.69) is 16.0 Å². The van der Waals surface area contributed by atoms with Crippen LogP contribution in [0.2, 0.25) is 0 Å². The molecule has 0 bridgehead atoms. The number of carbonyl (C=O) groups is 1. The number of amides is 1. The number of hydrogen-bond donors (Lipinski definition) is 0. The molecule has 2 aliphatic heterocycles. The monoisotopic (exact) mass is 440 g/mol. The van der Waals surface area contributed by atoms with Crippen LogP contribution in [0, 0.1) is 0 Å². The highest BCUT2D eigenvalue weighted by Crippen LogP contribution is 2.30. The summed E-state index contributed by atoms with van der Waals surface area (Å²) < 4.78 is 5.74. The minimum Gasteiger partial charge on any atom is -0.377 e. The number of thioether (sulfide) groups is 1. The maximum Gasteiger partial charge on any atom is 0.255 e. The van der Waals surface area contributed by atoms with Crippen molar-refractivity contribution >= 4 is 44.5 Å². The van der Waals surface area contributed by atoms with E-state index in [1.54, 1.807) is 29.3 Å². The second kappa shape index (κ2) is 8.91. The Balaban J connectivity index is 1.23. The summed E-state index contributed by atoms with van der Waals surface area (Å²) in [7, 11) is 0. The van der Waals surface area contributed by atoms with Gasteiger partial charge in [0.1, 0.15) is 10.3 Å². The fourth-order valence-electron chi connectivity index (χ4n) is 3.89. The number of benzene rings is 1. The van der Waals surface area contributed by atoms with Gasteiger partial charge in [-0.25, -0.2) is 9.97 Å². The van der Waals surface area contributed by atoms with E-state index in [1.165, 1.54) is 0 Å². The smallest absolute Gasteiger partial charge is 0.255 e. The van der Waals surface area contributed by atoms with Crippen molar-refractivity contribution in [1.29, 1.82) is 0 Å². The number of hydrogen-bond acceptors (Lipinski definition) is 7. The predicted octanol–water partition coefficient (Wildman–Crippen LogP) is 3.92. The quantitative estimate of drug-likeness (QED) is 0.561. The van der Waals surface area contributed by atoms with Crippen LogP contribution in [0.1, 0.15) is 23.2 Å². The lowest BCUT2D eigenvalue weighted by Gasteiger charge is -2.34. The molecule has 1 atom stereocenters. The van der Waals surface area contributed by atoms with Gasteiger partial charge < -0.3 is 14.5 Å². The number of fused-ring (bicyclic) bond motifs is 1. The zero-order valence-electron chi connectivity index (χ0n) is 16.7. The molecule has 0 saturated carbocycles. The van der Waals surface area contributed by atoms with Crippen molar-refractivity contribution in [1.82, 2.24) is 14.9 Å². The SMILES string of the molecule is O=C(c1ccccc1SCC1CCCO1)N1CCN(c2nc3cccnc3s2)CC1. The number of nitrogens with zero attached hydrogens (tertiary/aromatic N) is 4. The number of ether oxygens (including phenoxy) is 1. The third kappa shape index (κ3) is 4.17. The van der Waals surface area contributed by atoms with E-state index in [-0.39, 0.29) is 5.91 Å². The molecule has 2 aromatic heterocycles.